The Morgan fingerprint density at radius 1 is 1.26 bits per heavy atom. The van der Waals surface area contributed by atoms with Gasteiger partial charge >= 0.3 is 11.9 Å². The van der Waals surface area contributed by atoms with Gasteiger partial charge in [0.2, 0.25) is 0 Å². The van der Waals surface area contributed by atoms with E-state index in [1.807, 2.05) is 0 Å². The highest BCUT2D eigenvalue weighted by Crippen LogP contribution is 2.32. The standard InChI is InChI=1S/C15H15Cl2NO5/c1-4-23-15(21)12-10(16)5-6-11(13(12)17)18-7-9(8(2)19)14(20)22-3/h5-7,18H,4H2,1-3H3. The lowest BCUT2D eigenvalue weighted by Gasteiger charge is -2.11. The number of rotatable bonds is 6. The van der Waals surface area contributed by atoms with E-state index in [4.69, 9.17) is 27.9 Å². The monoisotopic (exact) mass is 359 g/mol. The van der Waals surface area contributed by atoms with Crippen molar-refractivity contribution in [3.63, 3.8) is 0 Å². The van der Waals surface area contributed by atoms with Gasteiger partial charge in [0.05, 0.1) is 35.0 Å². The van der Waals surface area contributed by atoms with E-state index >= 15 is 0 Å². The number of carbonyl (C=O) groups is 3. The fourth-order valence-electron chi connectivity index (χ4n) is 1.62. The zero-order valence-corrected chi connectivity index (χ0v) is 14.2. The quantitative estimate of drug-likeness (QED) is 0.363. The van der Waals surface area contributed by atoms with Crippen LogP contribution < -0.4 is 5.32 Å². The summed E-state index contributed by atoms with van der Waals surface area (Å²) in [5.74, 6) is -1.95. The first-order chi connectivity index (χ1) is 10.8. The molecule has 0 aromatic heterocycles. The second-order valence-corrected chi connectivity index (χ2v) is 5.04. The molecular formula is C15H15Cl2NO5. The van der Waals surface area contributed by atoms with Crippen LogP contribution in [0.3, 0.4) is 0 Å². The van der Waals surface area contributed by atoms with E-state index in [0.717, 1.165) is 13.3 Å². The molecule has 8 heteroatoms. The highest BCUT2D eigenvalue weighted by atomic mass is 35.5. The van der Waals surface area contributed by atoms with Gasteiger partial charge in [-0.25, -0.2) is 9.59 Å². The number of hydrogen-bond donors (Lipinski definition) is 1. The largest absolute Gasteiger partial charge is 0.465 e. The zero-order valence-electron chi connectivity index (χ0n) is 12.7. The lowest BCUT2D eigenvalue weighted by Crippen LogP contribution is -2.13. The lowest BCUT2D eigenvalue weighted by molar-refractivity contribution is -0.137. The van der Waals surface area contributed by atoms with Crippen molar-refractivity contribution in [2.45, 2.75) is 13.8 Å². The molecule has 0 unspecified atom stereocenters. The van der Waals surface area contributed by atoms with E-state index in [-0.39, 0.29) is 33.5 Å². The minimum atomic E-state index is -0.791. The maximum Gasteiger partial charge on any atom is 0.342 e. The summed E-state index contributed by atoms with van der Waals surface area (Å²) in [7, 11) is 1.16. The van der Waals surface area contributed by atoms with Gasteiger partial charge in [-0.05, 0) is 26.0 Å². The van der Waals surface area contributed by atoms with Crippen LogP contribution in [0.2, 0.25) is 10.0 Å². The molecule has 1 aromatic rings. The molecule has 0 saturated carbocycles. The number of anilines is 1. The molecule has 0 amide bonds. The number of esters is 2. The van der Waals surface area contributed by atoms with E-state index in [9.17, 15) is 14.4 Å². The average Bonchev–Trinajstić information content (AvgIpc) is 2.49. The SMILES string of the molecule is CCOC(=O)c1c(Cl)ccc(NC=C(C(C)=O)C(=O)OC)c1Cl. The van der Waals surface area contributed by atoms with Gasteiger partial charge < -0.3 is 14.8 Å². The maximum atomic E-state index is 11.9. The summed E-state index contributed by atoms with van der Waals surface area (Å²) < 4.78 is 9.39. The Morgan fingerprint density at radius 2 is 1.91 bits per heavy atom. The lowest BCUT2D eigenvalue weighted by atomic mass is 10.2. The van der Waals surface area contributed by atoms with Crippen molar-refractivity contribution in [3.8, 4) is 0 Å². The van der Waals surface area contributed by atoms with Crippen LogP contribution in [0.4, 0.5) is 5.69 Å². The summed E-state index contributed by atoms with van der Waals surface area (Å²) in [6, 6.07) is 2.94. The van der Waals surface area contributed by atoms with E-state index in [1.165, 1.54) is 19.1 Å². The maximum absolute atomic E-state index is 11.9. The number of hydrogen-bond acceptors (Lipinski definition) is 6. The Bertz CT molecular complexity index is 670. The molecule has 0 aliphatic rings. The average molecular weight is 360 g/mol. The Labute approximate surface area is 143 Å². The summed E-state index contributed by atoms with van der Waals surface area (Å²) >= 11 is 12.1. The first-order valence-electron chi connectivity index (χ1n) is 6.54. The molecule has 124 valence electrons. The summed E-state index contributed by atoms with van der Waals surface area (Å²) in [5, 5.41) is 2.83. The van der Waals surface area contributed by atoms with Gasteiger partial charge in [-0.1, -0.05) is 23.2 Å². The van der Waals surface area contributed by atoms with Crippen LogP contribution in [0.5, 0.6) is 0 Å². The van der Waals surface area contributed by atoms with Crippen molar-refractivity contribution in [2.75, 3.05) is 19.0 Å². The summed E-state index contributed by atoms with van der Waals surface area (Å²) in [6.45, 7) is 3.04. The predicted octanol–water partition coefficient (Wildman–Crippen LogP) is 3.23. The summed E-state index contributed by atoms with van der Waals surface area (Å²) in [4.78, 5) is 34.8. The Balaban J connectivity index is 3.20. The molecule has 0 saturated heterocycles. The second-order valence-electron chi connectivity index (χ2n) is 4.25. The molecule has 23 heavy (non-hydrogen) atoms. The van der Waals surface area contributed by atoms with Gasteiger partial charge in [-0.15, -0.1) is 0 Å². The minimum absolute atomic E-state index is 0.00368. The molecular weight excluding hydrogens is 345 g/mol. The van der Waals surface area contributed by atoms with Crippen LogP contribution >= 0.6 is 23.2 Å². The van der Waals surface area contributed by atoms with Crippen LogP contribution in [0.1, 0.15) is 24.2 Å². The molecule has 0 bridgehead atoms. The van der Waals surface area contributed by atoms with Crippen molar-refractivity contribution in [2.24, 2.45) is 0 Å². The van der Waals surface area contributed by atoms with Crippen molar-refractivity contribution in [3.05, 3.63) is 39.5 Å². The fraction of sp³-hybridized carbons (Fsp3) is 0.267. The van der Waals surface area contributed by atoms with E-state index in [0.29, 0.717) is 0 Å². The number of ether oxygens (including phenoxy) is 2. The molecule has 0 aliphatic heterocycles. The molecule has 1 aromatic carbocycles. The molecule has 1 N–H and O–H groups in total. The molecule has 1 rings (SSSR count). The van der Waals surface area contributed by atoms with Crippen LogP contribution in [0, 0.1) is 0 Å². The van der Waals surface area contributed by atoms with Crippen molar-refractivity contribution < 1.29 is 23.9 Å². The number of nitrogens with one attached hydrogen (secondary N) is 1. The third-order valence-corrected chi connectivity index (χ3v) is 3.43. The predicted molar refractivity (Wildman–Crippen MR) is 86.8 cm³/mol. The van der Waals surface area contributed by atoms with Crippen LogP contribution in [-0.2, 0) is 19.1 Å². The molecule has 0 spiro atoms. The number of benzene rings is 1. The molecule has 0 heterocycles. The summed E-state index contributed by atoms with van der Waals surface area (Å²) in [6.07, 6.45) is 1.15. The normalized spacial score (nSPS) is 10.9. The van der Waals surface area contributed by atoms with Gasteiger partial charge in [0.25, 0.3) is 0 Å². The topological polar surface area (TPSA) is 81.7 Å². The molecule has 0 atom stereocenters. The highest BCUT2D eigenvalue weighted by molar-refractivity contribution is 6.41. The van der Waals surface area contributed by atoms with Gasteiger partial charge in [0, 0.05) is 6.20 Å². The minimum Gasteiger partial charge on any atom is -0.465 e. The highest BCUT2D eigenvalue weighted by Gasteiger charge is 2.20. The van der Waals surface area contributed by atoms with Gasteiger partial charge in [-0.3, -0.25) is 4.79 Å². The third-order valence-electron chi connectivity index (χ3n) is 2.73. The van der Waals surface area contributed by atoms with E-state index in [1.54, 1.807) is 6.92 Å². The number of methoxy groups -OCH3 is 1. The van der Waals surface area contributed by atoms with Crippen LogP contribution in [-0.4, -0.2) is 31.4 Å². The molecule has 0 fully saturated rings. The van der Waals surface area contributed by atoms with Crippen molar-refractivity contribution >= 4 is 46.6 Å². The Morgan fingerprint density at radius 3 is 2.43 bits per heavy atom. The third kappa shape index (κ3) is 4.71. The number of Topliss-reactive ketones (excluding diaryl/α,β-unsaturated/α-hetero) is 1. The van der Waals surface area contributed by atoms with E-state index in [2.05, 4.69) is 10.1 Å². The second kappa shape index (κ2) is 8.55. The van der Waals surface area contributed by atoms with Crippen LogP contribution in [0.15, 0.2) is 23.9 Å². The molecule has 6 nitrogen and oxygen atoms in total. The zero-order chi connectivity index (χ0) is 17.6. The first-order valence-corrected chi connectivity index (χ1v) is 7.30. The van der Waals surface area contributed by atoms with Crippen molar-refractivity contribution in [1.29, 1.82) is 0 Å². The van der Waals surface area contributed by atoms with Gasteiger partial charge in [0.1, 0.15) is 5.57 Å². The number of halogens is 2. The smallest absolute Gasteiger partial charge is 0.342 e. The Kier molecular flexibility index (Phi) is 7.06. The van der Waals surface area contributed by atoms with Crippen LogP contribution in [0.25, 0.3) is 0 Å². The van der Waals surface area contributed by atoms with Gasteiger partial charge in [-0.2, -0.15) is 0 Å². The molecule has 0 radical (unpaired) electrons. The number of ketones is 1. The molecule has 0 aliphatic carbocycles. The number of carbonyl (C=O) groups excluding carboxylic acids is 3. The Hall–Kier alpha value is -2.05. The van der Waals surface area contributed by atoms with Crippen molar-refractivity contribution in [1.82, 2.24) is 0 Å². The van der Waals surface area contributed by atoms with E-state index < -0.39 is 17.7 Å². The first kappa shape index (κ1) is 19.0. The summed E-state index contributed by atoms with van der Waals surface area (Å²) in [5.41, 5.74) is 0.0778. The fourth-order valence-corrected chi connectivity index (χ4v) is 2.20. The van der Waals surface area contributed by atoms with Gasteiger partial charge in [0.15, 0.2) is 5.78 Å².